The summed E-state index contributed by atoms with van der Waals surface area (Å²) in [6.07, 6.45) is 0. The molecule has 0 saturated heterocycles. The van der Waals surface area contributed by atoms with Crippen LogP contribution in [0.2, 0.25) is 0 Å². The fourth-order valence-electron chi connectivity index (χ4n) is 0.676. The fourth-order valence-corrected chi connectivity index (χ4v) is 0.676. The van der Waals surface area contributed by atoms with Gasteiger partial charge in [-0.25, -0.2) is 0 Å². The smallest absolute Gasteiger partial charge is 0.0749 e. The van der Waals surface area contributed by atoms with Gasteiger partial charge in [0.2, 0.25) is 0 Å². The van der Waals surface area contributed by atoms with E-state index in [0.717, 1.165) is 19.6 Å². The highest BCUT2D eigenvalue weighted by Gasteiger charge is 2.00. The topological polar surface area (TPSA) is 36.8 Å². The van der Waals surface area contributed by atoms with E-state index in [1.807, 2.05) is 0 Å². The highest BCUT2D eigenvalue weighted by molar-refractivity contribution is 4.65. The van der Waals surface area contributed by atoms with E-state index in [1.54, 1.807) is 0 Å². The Bertz CT molecular complexity index is 89.7. The van der Waals surface area contributed by atoms with E-state index >= 15 is 0 Å². The number of azo groups is 1. The monoisotopic (exact) mass is 113 g/mol. The van der Waals surface area contributed by atoms with Crippen LogP contribution in [0.3, 0.4) is 0 Å². The van der Waals surface area contributed by atoms with Crippen molar-refractivity contribution in [3.8, 4) is 0 Å². The Balaban J connectivity index is 2.30. The summed E-state index contributed by atoms with van der Waals surface area (Å²) in [4.78, 5) is 0. The average Bonchev–Trinajstić information content (AvgIpc) is 1.94. The molecule has 8 heavy (non-hydrogen) atoms. The van der Waals surface area contributed by atoms with Gasteiger partial charge in [-0.05, 0) is 6.92 Å². The van der Waals surface area contributed by atoms with E-state index < -0.39 is 0 Å². The lowest BCUT2D eigenvalue weighted by Gasteiger charge is -2.03. The van der Waals surface area contributed by atoms with Crippen LogP contribution in [-0.2, 0) is 0 Å². The number of nitrogens with zero attached hydrogens (tertiary/aromatic N) is 2. The van der Waals surface area contributed by atoms with Gasteiger partial charge in [0.25, 0.3) is 0 Å². The minimum atomic E-state index is 0.515. The molecule has 0 aromatic carbocycles. The van der Waals surface area contributed by atoms with E-state index in [9.17, 15) is 0 Å². The first kappa shape index (κ1) is 5.69. The van der Waals surface area contributed by atoms with E-state index in [-0.39, 0.29) is 0 Å². The van der Waals surface area contributed by atoms with Crippen LogP contribution < -0.4 is 5.32 Å². The van der Waals surface area contributed by atoms with E-state index in [1.165, 1.54) is 0 Å². The van der Waals surface area contributed by atoms with Gasteiger partial charge in [-0.3, -0.25) is 0 Å². The zero-order chi connectivity index (χ0) is 5.82. The maximum atomic E-state index is 3.91. The van der Waals surface area contributed by atoms with Gasteiger partial charge in [0.15, 0.2) is 0 Å². The first-order valence-corrected chi connectivity index (χ1v) is 2.96. The third kappa shape index (κ3) is 1.58. The van der Waals surface area contributed by atoms with Crippen molar-refractivity contribution in [1.29, 1.82) is 0 Å². The van der Waals surface area contributed by atoms with Gasteiger partial charge in [-0.1, -0.05) is 0 Å². The predicted octanol–water partition coefficient (Wildman–Crippen LogP) is 0.430. The van der Waals surface area contributed by atoms with Gasteiger partial charge in [-0.2, -0.15) is 10.2 Å². The first-order chi connectivity index (χ1) is 3.89. The van der Waals surface area contributed by atoms with Crippen LogP contribution in [-0.4, -0.2) is 25.7 Å². The molecule has 1 atom stereocenters. The van der Waals surface area contributed by atoms with Crippen LogP contribution in [0.15, 0.2) is 10.2 Å². The van der Waals surface area contributed by atoms with Crippen LogP contribution in [0.1, 0.15) is 6.92 Å². The number of rotatable bonds is 0. The predicted molar refractivity (Wildman–Crippen MR) is 32.1 cm³/mol. The summed E-state index contributed by atoms with van der Waals surface area (Å²) in [5.74, 6) is 0. The molecule has 1 N–H and O–H groups in total. The largest absolute Gasteiger partial charge is 0.310 e. The maximum absolute atomic E-state index is 3.91. The van der Waals surface area contributed by atoms with Crippen molar-refractivity contribution in [2.45, 2.75) is 13.0 Å². The molecule has 0 aromatic heterocycles. The zero-order valence-electron chi connectivity index (χ0n) is 5.09. The fraction of sp³-hybridized carbons (Fsp3) is 1.00. The summed E-state index contributed by atoms with van der Waals surface area (Å²) in [7, 11) is 0. The molecular weight excluding hydrogens is 102 g/mol. The molecule has 0 spiro atoms. The lowest BCUT2D eigenvalue weighted by molar-refractivity contribution is 0.589. The average molecular weight is 113 g/mol. The Hall–Kier alpha value is -0.440. The normalized spacial score (nSPS) is 29.9. The van der Waals surface area contributed by atoms with Crippen LogP contribution >= 0.6 is 0 Å². The van der Waals surface area contributed by atoms with Crippen LogP contribution in [0.5, 0.6) is 0 Å². The minimum absolute atomic E-state index is 0.515. The zero-order valence-corrected chi connectivity index (χ0v) is 5.09. The molecule has 3 heteroatoms. The van der Waals surface area contributed by atoms with E-state index in [0.29, 0.717) is 6.04 Å². The van der Waals surface area contributed by atoms with Gasteiger partial charge < -0.3 is 5.32 Å². The Morgan fingerprint density at radius 3 is 3.25 bits per heavy atom. The lowest BCUT2D eigenvalue weighted by Crippen LogP contribution is -2.28. The van der Waals surface area contributed by atoms with Gasteiger partial charge >= 0.3 is 0 Å². The van der Waals surface area contributed by atoms with Gasteiger partial charge in [0, 0.05) is 12.6 Å². The van der Waals surface area contributed by atoms with Crippen molar-refractivity contribution < 1.29 is 0 Å². The Labute approximate surface area is 49.2 Å². The molecule has 0 saturated carbocycles. The quantitative estimate of drug-likeness (QED) is 0.486. The van der Waals surface area contributed by atoms with Crippen molar-refractivity contribution >= 4 is 0 Å². The molecule has 0 fully saturated rings. The van der Waals surface area contributed by atoms with Gasteiger partial charge in [0.05, 0.1) is 13.1 Å². The lowest BCUT2D eigenvalue weighted by atomic mass is 10.3. The third-order valence-corrected chi connectivity index (χ3v) is 1.16. The van der Waals surface area contributed by atoms with Crippen molar-refractivity contribution in [2.75, 3.05) is 19.6 Å². The standard InChI is InChI=1S/C5H11N3/c1-5-4-8-7-3-2-6-5/h5-6H,2-4H2,1H3. The van der Waals surface area contributed by atoms with Crippen molar-refractivity contribution in [3.63, 3.8) is 0 Å². The number of hydrogen-bond donors (Lipinski definition) is 1. The molecule has 1 unspecified atom stereocenters. The van der Waals surface area contributed by atoms with E-state index in [4.69, 9.17) is 0 Å². The maximum Gasteiger partial charge on any atom is 0.0749 e. The second-order valence-corrected chi connectivity index (χ2v) is 2.04. The van der Waals surface area contributed by atoms with Crippen LogP contribution in [0, 0.1) is 0 Å². The second kappa shape index (κ2) is 2.77. The molecule has 1 aliphatic rings. The Morgan fingerprint density at radius 1 is 1.50 bits per heavy atom. The Kier molecular flexibility index (Phi) is 1.97. The van der Waals surface area contributed by atoms with Crippen molar-refractivity contribution in [2.24, 2.45) is 10.2 Å². The summed E-state index contributed by atoms with van der Waals surface area (Å²) in [5.41, 5.74) is 0. The Morgan fingerprint density at radius 2 is 2.38 bits per heavy atom. The first-order valence-electron chi connectivity index (χ1n) is 2.96. The van der Waals surface area contributed by atoms with Crippen LogP contribution in [0.4, 0.5) is 0 Å². The number of nitrogens with one attached hydrogen (secondary N) is 1. The SMILES string of the molecule is CC1CN=NCCN1. The third-order valence-electron chi connectivity index (χ3n) is 1.16. The molecule has 3 nitrogen and oxygen atoms in total. The number of hydrogen-bond acceptors (Lipinski definition) is 3. The van der Waals surface area contributed by atoms with Crippen molar-refractivity contribution in [1.82, 2.24) is 5.32 Å². The van der Waals surface area contributed by atoms with Gasteiger partial charge in [0.1, 0.15) is 0 Å². The van der Waals surface area contributed by atoms with Crippen LogP contribution in [0.25, 0.3) is 0 Å². The summed E-state index contributed by atoms with van der Waals surface area (Å²) >= 11 is 0. The molecule has 1 heterocycles. The van der Waals surface area contributed by atoms with E-state index in [2.05, 4.69) is 22.5 Å². The summed E-state index contributed by atoms with van der Waals surface area (Å²) < 4.78 is 0. The molecule has 1 aliphatic heterocycles. The molecule has 46 valence electrons. The van der Waals surface area contributed by atoms with Crippen molar-refractivity contribution in [3.05, 3.63) is 0 Å². The van der Waals surface area contributed by atoms with Gasteiger partial charge in [-0.15, -0.1) is 0 Å². The summed E-state index contributed by atoms with van der Waals surface area (Å²) in [6, 6.07) is 0.515. The highest BCUT2D eigenvalue weighted by atomic mass is 15.2. The minimum Gasteiger partial charge on any atom is -0.310 e. The highest BCUT2D eigenvalue weighted by Crippen LogP contribution is 1.88. The summed E-state index contributed by atoms with van der Waals surface area (Å²) in [5, 5.41) is 11.1. The molecule has 0 radical (unpaired) electrons. The summed E-state index contributed by atoms with van der Waals surface area (Å²) in [6.45, 7) is 4.76. The molecular formula is C5H11N3. The second-order valence-electron chi connectivity index (χ2n) is 2.04. The molecule has 0 aromatic rings. The molecule has 0 amide bonds. The molecule has 0 bridgehead atoms. The molecule has 0 aliphatic carbocycles. The molecule has 1 rings (SSSR count).